The molecule has 1 aromatic carbocycles. The highest BCUT2D eigenvalue weighted by Crippen LogP contribution is 2.12. The fraction of sp³-hybridized carbons (Fsp3) is 0.538. The van der Waals surface area contributed by atoms with Crippen LogP contribution in [0.25, 0.3) is 0 Å². The van der Waals surface area contributed by atoms with Crippen molar-refractivity contribution in [2.24, 2.45) is 0 Å². The van der Waals surface area contributed by atoms with Gasteiger partial charge in [0.2, 0.25) is 0 Å². The van der Waals surface area contributed by atoms with Crippen LogP contribution in [0, 0.1) is 5.82 Å². The summed E-state index contributed by atoms with van der Waals surface area (Å²) in [7, 11) is 0. The normalized spacial score (nSPS) is 10.3. The molecule has 0 fully saturated rings. The van der Waals surface area contributed by atoms with Crippen LogP contribution in [-0.2, 0) is 0 Å². The first-order valence-corrected chi connectivity index (χ1v) is 5.71. The van der Waals surface area contributed by atoms with Gasteiger partial charge in [-0.15, -0.1) is 0 Å². The van der Waals surface area contributed by atoms with Crippen molar-refractivity contribution < 1.29 is 9.13 Å². The molecule has 0 aliphatic heterocycles. The van der Waals surface area contributed by atoms with Gasteiger partial charge in [-0.25, -0.2) is 4.39 Å². The molecule has 0 saturated carbocycles. The fourth-order valence-corrected chi connectivity index (χ4v) is 1.43. The second-order valence-corrected chi connectivity index (χ2v) is 3.72. The molecule has 0 N–H and O–H groups in total. The molecule has 0 spiro atoms. The lowest BCUT2D eigenvalue weighted by molar-refractivity contribution is 0.304. The highest BCUT2D eigenvalue weighted by molar-refractivity contribution is 5.21. The highest BCUT2D eigenvalue weighted by atomic mass is 19.1. The Balaban J connectivity index is 2.07. The summed E-state index contributed by atoms with van der Waals surface area (Å²) in [6, 6.07) is 6.18. The van der Waals surface area contributed by atoms with Crippen LogP contribution in [0.1, 0.15) is 39.0 Å². The van der Waals surface area contributed by atoms with Gasteiger partial charge in [0.25, 0.3) is 0 Å². The van der Waals surface area contributed by atoms with Crippen molar-refractivity contribution in [2.75, 3.05) is 6.61 Å². The Bertz CT molecular complexity index is 256. The van der Waals surface area contributed by atoms with Gasteiger partial charge >= 0.3 is 0 Å². The zero-order valence-corrected chi connectivity index (χ0v) is 9.34. The van der Waals surface area contributed by atoms with E-state index in [1.54, 1.807) is 12.1 Å². The predicted molar refractivity (Wildman–Crippen MR) is 60.7 cm³/mol. The Hall–Kier alpha value is -1.05. The van der Waals surface area contributed by atoms with Gasteiger partial charge in [0.05, 0.1) is 6.61 Å². The molecule has 0 heterocycles. The first kappa shape index (κ1) is 12.0. The van der Waals surface area contributed by atoms with Gasteiger partial charge in [-0.05, 0) is 30.7 Å². The number of hydrogen-bond donors (Lipinski definition) is 0. The average molecular weight is 210 g/mol. The lowest BCUT2D eigenvalue weighted by Crippen LogP contribution is -1.97. The Labute approximate surface area is 91.3 Å². The van der Waals surface area contributed by atoms with Crippen molar-refractivity contribution >= 4 is 0 Å². The van der Waals surface area contributed by atoms with E-state index in [-0.39, 0.29) is 5.82 Å². The Morgan fingerprint density at radius 2 is 1.67 bits per heavy atom. The monoisotopic (exact) mass is 210 g/mol. The third-order valence-electron chi connectivity index (χ3n) is 2.33. The van der Waals surface area contributed by atoms with E-state index in [1.807, 2.05) is 0 Å². The van der Waals surface area contributed by atoms with E-state index >= 15 is 0 Å². The smallest absolute Gasteiger partial charge is 0.123 e. The molecule has 0 bridgehead atoms. The summed E-state index contributed by atoms with van der Waals surface area (Å²) in [6.07, 6.45) is 6.14. The Morgan fingerprint density at radius 1 is 1.00 bits per heavy atom. The van der Waals surface area contributed by atoms with Crippen LogP contribution in [0.2, 0.25) is 0 Å². The molecular weight excluding hydrogens is 191 g/mol. The summed E-state index contributed by atoms with van der Waals surface area (Å²) in [5.74, 6) is 0.539. The topological polar surface area (TPSA) is 9.23 Å². The maximum atomic E-state index is 12.6. The minimum atomic E-state index is -0.217. The minimum Gasteiger partial charge on any atom is -0.494 e. The molecule has 0 aliphatic rings. The number of hydrogen-bond acceptors (Lipinski definition) is 1. The highest BCUT2D eigenvalue weighted by Gasteiger charge is 1.94. The van der Waals surface area contributed by atoms with Crippen LogP contribution in [0.4, 0.5) is 4.39 Å². The van der Waals surface area contributed by atoms with Gasteiger partial charge in [-0.2, -0.15) is 0 Å². The van der Waals surface area contributed by atoms with E-state index in [1.165, 1.54) is 37.8 Å². The molecule has 0 aromatic heterocycles. The van der Waals surface area contributed by atoms with Gasteiger partial charge in [-0.1, -0.05) is 32.6 Å². The Morgan fingerprint density at radius 3 is 2.33 bits per heavy atom. The van der Waals surface area contributed by atoms with Crippen molar-refractivity contribution in [1.29, 1.82) is 0 Å². The van der Waals surface area contributed by atoms with Crippen molar-refractivity contribution in [3.63, 3.8) is 0 Å². The molecule has 0 aliphatic carbocycles. The van der Waals surface area contributed by atoms with Gasteiger partial charge in [0, 0.05) is 0 Å². The van der Waals surface area contributed by atoms with Gasteiger partial charge in [0.1, 0.15) is 11.6 Å². The van der Waals surface area contributed by atoms with Crippen LogP contribution in [0.5, 0.6) is 5.75 Å². The van der Waals surface area contributed by atoms with Gasteiger partial charge in [0.15, 0.2) is 0 Å². The van der Waals surface area contributed by atoms with Crippen LogP contribution in [0.15, 0.2) is 24.3 Å². The SMILES string of the molecule is CCCCCCCOc1ccc(F)cc1. The van der Waals surface area contributed by atoms with Crippen LogP contribution in [0.3, 0.4) is 0 Å². The number of ether oxygens (including phenoxy) is 1. The number of halogens is 1. The predicted octanol–water partition coefficient (Wildman–Crippen LogP) is 4.17. The quantitative estimate of drug-likeness (QED) is 0.613. The van der Waals surface area contributed by atoms with E-state index in [4.69, 9.17) is 4.74 Å². The largest absolute Gasteiger partial charge is 0.494 e. The van der Waals surface area contributed by atoms with Crippen molar-refractivity contribution in [2.45, 2.75) is 39.0 Å². The third-order valence-corrected chi connectivity index (χ3v) is 2.33. The lowest BCUT2D eigenvalue weighted by Gasteiger charge is -2.05. The zero-order valence-electron chi connectivity index (χ0n) is 9.34. The molecule has 15 heavy (non-hydrogen) atoms. The molecule has 1 nitrogen and oxygen atoms in total. The molecule has 0 unspecified atom stereocenters. The van der Waals surface area contributed by atoms with Crippen molar-refractivity contribution in [3.8, 4) is 5.75 Å². The summed E-state index contributed by atoms with van der Waals surface area (Å²) in [6.45, 7) is 2.93. The standard InChI is InChI=1S/C13H19FO/c1-2-3-4-5-6-11-15-13-9-7-12(14)8-10-13/h7-10H,2-6,11H2,1H3. The molecular formula is C13H19FO. The minimum absolute atomic E-state index is 0.217. The fourth-order valence-electron chi connectivity index (χ4n) is 1.43. The van der Waals surface area contributed by atoms with Gasteiger partial charge in [-0.3, -0.25) is 0 Å². The molecule has 0 amide bonds. The molecule has 0 saturated heterocycles. The van der Waals surface area contributed by atoms with Crippen LogP contribution >= 0.6 is 0 Å². The summed E-state index contributed by atoms with van der Waals surface area (Å²) < 4.78 is 18.0. The maximum absolute atomic E-state index is 12.6. The first-order chi connectivity index (χ1) is 7.33. The number of rotatable bonds is 7. The summed E-state index contributed by atoms with van der Waals surface area (Å²) in [5, 5.41) is 0. The average Bonchev–Trinajstić information content (AvgIpc) is 2.26. The number of benzene rings is 1. The summed E-state index contributed by atoms with van der Waals surface area (Å²) >= 11 is 0. The second kappa shape index (κ2) is 7.27. The molecule has 1 aromatic rings. The van der Waals surface area contributed by atoms with E-state index in [0.717, 1.165) is 18.8 Å². The maximum Gasteiger partial charge on any atom is 0.123 e. The lowest BCUT2D eigenvalue weighted by atomic mass is 10.2. The summed E-state index contributed by atoms with van der Waals surface area (Å²) in [5.41, 5.74) is 0. The molecule has 1 rings (SSSR count). The van der Waals surface area contributed by atoms with Crippen molar-refractivity contribution in [1.82, 2.24) is 0 Å². The Kier molecular flexibility index (Phi) is 5.83. The van der Waals surface area contributed by atoms with E-state index in [2.05, 4.69) is 6.92 Å². The molecule has 2 heteroatoms. The van der Waals surface area contributed by atoms with Crippen LogP contribution < -0.4 is 4.74 Å². The molecule has 0 atom stereocenters. The molecule has 84 valence electrons. The van der Waals surface area contributed by atoms with Crippen LogP contribution in [-0.4, -0.2) is 6.61 Å². The van der Waals surface area contributed by atoms with E-state index in [9.17, 15) is 4.39 Å². The molecule has 0 radical (unpaired) electrons. The van der Waals surface area contributed by atoms with Gasteiger partial charge < -0.3 is 4.74 Å². The van der Waals surface area contributed by atoms with E-state index in [0.29, 0.717) is 0 Å². The second-order valence-electron chi connectivity index (χ2n) is 3.72. The number of unbranched alkanes of at least 4 members (excludes halogenated alkanes) is 4. The summed E-state index contributed by atoms with van der Waals surface area (Å²) in [4.78, 5) is 0. The van der Waals surface area contributed by atoms with Crippen molar-refractivity contribution in [3.05, 3.63) is 30.1 Å². The van der Waals surface area contributed by atoms with E-state index < -0.39 is 0 Å². The first-order valence-electron chi connectivity index (χ1n) is 5.71. The zero-order chi connectivity index (χ0) is 10.9. The third kappa shape index (κ3) is 5.40.